The molecular weight excluding hydrogens is 381 g/mol. The van der Waals surface area contributed by atoms with Gasteiger partial charge in [-0.05, 0) is 37.5 Å². The maximum Gasteiger partial charge on any atom is 0.516 e. The number of anilines is 1. The highest BCUT2D eigenvalue weighted by atomic mass is 35.5. The van der Waals surface area contributed by atoms with Crippen molar-refractivity contribution in [2.45, 2.75) is 51.6 Å². The van der Waals surface area contributed by atoms with Crippen LogP contribution in [-0.2, 0) is 14.9 Å². The number of sulfonamides is 1. The molecule has 0 aromatic heterocycles. The normalized spacial score (nSPS) is 13.2. The van der Waals surface area contributed by atoms with E-state index in [9.17, 15) is 21.6 Å². The third kappa shape index (κ3) is 5.78. The van der Waals surface area contributed by atoms with Gasteiger partial charge in [0.05, 0.1) is 11.4 Å². The quantitative estimate of drug-likeness (QED) is 0.497. The molecule has 0 spiro atoms. The molecule has 5 nitrogen and oxygen atoms in total. The molecule has 10 heteroatoms. The van der Waals surface area contributed by atoms with Crippen molar-refractivity contribution in [3.05, 3.63) is 28.8 Å². The summed E-state index contributed by atoms with van der Waals surface area (Å²) in [5, 5.41) is 4.22. The Balaban J connectivity index is 3.29. The molecule has 1 aromatic carbocycles. The molecule has 1 rings (SSSR count). The van der Waals surface area contributed by atoms with E-state index in [-0.39, 0.29) is 28.1 Å². The van der Waals surface area contributed by atoms with Crippen molar-refractivity contribution in [3.63, 3.8) is 0 Å². The summed E-state index contributed by atoms with van der Waals surface area (Å²) in [5.74, 6) is 0. The standard InChI is InChI=1S/C15H20ClF3N2O3S/c1-4-11(5-2)24-20-13(6-3)12-9-10(16)7-8-14(12)21-25(22,23)15(17,18)19/h7-9,11,21H,4-6H2,1-3H3/b20-13+. The summed E-state index contributed by atoms with van der Waals surface area (Å²) in [6, 6.07) is 3.78. The molecule has 0 saturated carbocycles. The lowest BCUT2D eigenvalue weighted by atomic mass is 10.1. The second-order valence-corrected chi connectivity index (χ2v) is 7.29. The zero-order chi connectivity index (χ0) is 19.3. The lowest BCUT2D eigenvalue weighted by molar-refractivity contribution is -0.0429. The van der Waals surface area contributed by atoms with E-state index < -0.39 is 15.5 Å². The smallest absolute Gasteiger partial charge is 0.392 e. The predicted molar refractivity (Wildman–Crippen MR) is 92.3 cm³/mol. The molecule has 0 aliphatic carbocycles. The van der Waals surface area contributed by atoms with Gasteiger partial charge in [0.25, 0.3) is 0 Å². The van der Waals surface area contributed by atoms with Gasteiger partial charge in [-0.1, -0.05) is 37.5 Å². The fourth-order valence-corrected chi connectivity index (χ4v) is 2.68. The summed E-state index contributed by atoms with van der Waals surface area (Å²) in [7, 11) is -5.56. The van der Waals surface area contributed by atoms with E-state index in [2.05, 4.69) is 5.16 Å². The highest BCUT2D eigenvalue weighted by Gasteiger charge is 2.46. The number of oxime groups is 1. The summed E-state index contributed by atoms with van der Waals surface area (Å²) in [4.78, 5) is 5.39. The number of rotatable bonds is 8. The molecule has 1 aromatic rings. The van der Waals surface area contributed by atoms with Crippen LogP contribution >= 0.6 is 11.6 Å². The van der Waals surface area contributed by atoms with Crippen LogP contribution in [0.2, 0.25) is 5.02 Å². The van der Waals surface area contributed by atoms with Gasteiger partial charge >= 0.3 is 15.5 Å². The molecule has 142 valence electrons. The highest BCUT2D eigenvalue weighted by molar-refractivity contribution is 7.93. The van der Waals surface area contributed by atoms with Crippen molar-refractivity contribution in [1.29, 1.82) is 0 Å². The molecule has 25 heavy (non-hydrogen) atoms. The van der Waals surface area contributed by atoms with E-state index in [0.29, 0.717) is 19.3 Å². The van der Waals surface area contributed by atoms with Crippen molar-refractivity contribution in [1.82, 2.24) is 0 Å². The Morgan fingerprint density at radius 3 is 2.36 bits per heavy atom. The maximum atomic E-state index is 12.6. The topological polar surface area (TPSA) is 67.8 Å². The SMILES string of the molecule is CC/C(=N\OC(CC)CC)c1cc(Cl)ccc1NS(=O)(=O)C(F)(F)F. The van der Waals surface area contributed by atoms with Crippen LogP contribution in [0.15, 0.2) is 23.4 Å². The Hall–Kier alpha value is -1.48. The average Bonchev–Trinajstić information content (AvgIpc) is 2.52. The number of halogens is 4. The first kappa shape index (κ1) is 21.6. The van der Waals surface area contributed by atoms with E-state index in [1.165, 1.54) is 16.9 Å². The van der Waals surface area contributed by atoms with Crippen molar-refractivity contribution in [2.24, 2.45) is 5.16 Å². The van der Waals surface area contributed by atoms with Crippen LogP contribution in [0.5, 0.6) is 0 Å². The summed E-state index contributed by atoms with van der Waals surface area (Å²) in [6.07, 6.45) is 1.58. The predicted octanol–water partition coefficient (Wildman–Crippen LogP) is 4.92. The molecule has 0 heterocycles. The summed E-state index contributed by atoms with van der Waals surface area (Å²) in [6.45, 7) is 5.55. The lowest BCUT2D eigenvalue weighted by Crippen LogP contribution is -2.30. The van der Waals surface area contributed by atoms with Crippen LogP contribution in [-0.4, -0.2) is 25.7 Å². The zero-order valence-corrected chi connectivity index (χ0v) is 15.6. The molecule has 0 unspecified atom stereocenters. The fraction of sp³-hybridized carbons (Fsp3) is 0.533. The molecule has 0 radical (unpaired) electrons. The Morgan fingerprint density at radius 2 is 1.88 bits per heavy atom. The Bertz CT molecular complexity index is 717. The highest BCUT2D eigenvalue weighted by Crippen LogP contribution is 2.29. The van der Waals surface area contributed by atoms with Crippen LogP contribution in [0.1, 0.15) is 45.6 Å². The molecule has 0 fully saturated rings. The maximum absolute atomic E-state index is 12.6. The zero-order valence-electron chi connectivity index (χ0n) is 14.0. The summed E-state index contributed by atoms with van der Waals surface area (Å²) in [5.41, 5.74) is -5.28. The second kappa shape index (κ2) is 8.75. The van der Waals surface area contributed by atoms with Gasteiger partial charge in [-0.25, -0.2) is 0 Å². The fourth-order valence-electron chi connectivity index (χ4n) is 1.93. The van der Waals surface area contributed by atoms with Crippen LogP contribution in [0.3, 0.4) is 0 Å². The van der Waals surface area contributed by atoms with Gasteiger partial charge in [0.2, 0.25) is 0 Å². The number of alkyl halides is 3. The van der Waals surface area contributed by atoms with Crippen molar-refractivity contribution in [2.75, 3.05) is 4.72 Å². The molecule has 0 saturated heterocycles. The molecule has 0 bridgehead atoms. The molecule has 1 N–H and O–H groups in total. The van der Waals surface area contributed by atoms with E-state index in [1.54, 1.807) is 6.92 Å². The minimum atomic E-state index is -5.56. The van der Waals surface area contributed by atoms with Gasteiger partial charge in [0, 0.05) is 10.6 Å². The van der Waals surface area contributed by atoms with E-state index in [0.717, 1.165) is 6.07 Å². The summed E-state index contributed by atoms with van der Waals surface area (Å²) >= 11 is 5.90. The van der Waals surface area contributed by atoms with Gasteiger partial charge in [-0.15, -0.1) is 0 Å². The number of hydrogen-bond donors (Lipinski definition) is 1. The van der Waals surface area contributed by atoms with E-state index in [1.807, 2.05) is 13.8 Å². The van der Waals surface area contributed by atoms with Crippen molar-refractivity contribution < 1.29 is 26.4 Å². The average molecular weight is 401 g/mol. The lowest BCUT2D eigenvalue weighted by Gasteiger charge is -2.16. The van der Waals surface area contributed by atoms with Gasteiger partial charge < -0.3 is 4.84 Å². The Kier molecular flexibility index (Phi) is 7.55. The molecule has 0 atom stereocenters. The Morgan fingerprint density at radius 1 is 1.28 bits per heavy atom. The summed E-state index contributed by atoms with van der Waals surface area (Å²) < 4.78 is 62.2. The third-order valence-corrected chi connectivity index (χ3v) is 4.73. The van der Waals surface area contributed by atoms with Crippen LogP contribution in [0.25, 0.3) is 0 Å². The van der Waals surface area contributed by atoms with Gasteiger partial charge in [-0.2, -0.15) is 21.6 Å². The minimum Gasteiger partial charge on any atom is -0.392 e. The largest absolute Gasteiger partial charge is 0.516 e. The Labute approximate surface area is 150 Å². The second-order valence-electron chi connectivity index (χ2n) is 5.18. The molecular formula is C15H20ClF3N2O3S. The van der Waals surface area contributed by atoms with Gasteiger partial charge in [0.1, 0.15) is 6.10 Å². The molecule has 0 aliphatic rings. The molecule has 0 amide bonds. The van der Waals surface area contributed by atoms with Crippen LogP contribution in [0.4, 0.5) is 18.9 Å². The van der Waals surface area contributed by atoms with Crippen molar-refractivity contribution in [3.8, 4) is 0 Å². The number of nitrogens with zero attached hydrogens (tertiary/aromatic N) is 1. The first-order valence-electron chi connectivity index (χ1n) is 7.67. The van der Waals surface area contributed by atoms with Gasteiger partial charge in [0.15, 0.2) is 0 Å². The number of nitrogens with one attached hydrogen (secondary N) is 1. The third-order valence-electron chi connectivity index (χ3n) is 3.40. The van der Waals surface area contributed by atoms with Crippen LogP contribution in [0, 0.1) is 0 Å². The van der Waals surface area contributed by atoms with E-state index in [4.69, 9.17) is 16.4 Å². The first-order valence-corrected chi connectivity index (χ1v) is 9.53. The van der Waals surface area contributed by atoms with Crippen LogP contribution < -0.4 is 4.72 Å². The monoisotopic (exact) mass is 400 g/mol. The first-order chi connectivity index (χ1) is 11.6. The van der Waals surface area contributed by atoms with Gasteiger partial charge in [-0.3, -0.25) is 4.72 Å². The number of benzene rings is 1. The number of hydrogen-bond acceptors (Lipinski definition) is 4. The van der Waals surface area contributed by atoms with E-state index >= 15 is 0 Å². The molecule has 0 aliphatic heterocycles. The van der Waals surface area contributed by atoms with Crippen molar-refractivity contribution >= 4 is 33.0 Å². The minimum absolute atomic E-state index is 0.133.